The Morgan fingerprint density at radius 1 is 1.29 bits per heavy atom. The summed E-state index contributed by atoms with van der Waals surface area (Å²) in [5.74, 6) is 0.987. The zero-order valence-electron chi connectivity index (χ0n) is 14.9. The Hall–Kier alpha value is -1.81. The number of nitrogens with one attached hydrogen (secondary N) is 2. The van der Waals surface area contributed by atoms with Crippen LogP contribution in [0.2, 0.25) is 0 Å². The summed E-state index contributed by atoms with van der Waals surface area (Å²) in [7, 11) is 0. The van der Waals surface area contributed by atoms with Gasteiger partial charge in [-0.05, 0) is 63.1 Å². The van der Waals surface area contributed by atoms with Crippen molar-refractivity contribution in [1.82, 2.24) is 15.2 Å². The van der Waals surface area contributed by atoms with Gasteiger partial charge in [-0.3, -0.25) is 9.69 Å². The highest BCUT2D eigenvalue weighted by molar-refractivity contribution is 5.88. The number of hydrogen-bond acceptors (Lipinski definition) is 2. The predicted octanol–water partition coefficient (Wildman–Crippen LogP) is 3.19. The molecule has 2 atom stereocenters. The molecule has 1 saturated heterocycles. The Labute approximate surface area is 143 Å². The lowest BCUT2D eigenvalue weighted by Gasteiger charge is -2.25. The number of likely N-dealkylation sites (tertiary alicyclic amines) is 1. The highest BCUT2D eigenvalue weighted by Gasteiger charge is 2.38. The van der Waals surface area contributed by atoms with Gasteiger partial charge in [0.05, 0.1) is 12.1 Å². The molecule has 0 radical (unpaired) electrons. The molecule has 2 aliphatic rings. The number of amides is 1. The van der Waals surface area contributed by atoms with Crippen LogP contribution >= 0.6 is 0 Å². The maximum atomic E-state index is 12.4. The molecular weight excluding hydrogens is 298 g/mol. The Morgan fingerprint density at radius 3 is 2.83 bits per heavy atom. The van der Waals surface area contributed by atoms with Crippen LogP contribution in [0.4, 0.5) is 0 Å². The van der Waals surface area contributed by atoms with Crippen molar-refractivity contribution in [2.45, 2.75) is 52.6 Å². The van der Waals surface area contributed by atoms with Crippen molar-refractivity contribution in [2.24, 2.45) is 5.92 Å². The van der Waals surface area contributed by atoms with Crippen molar-refractivity contribution in [3.63, 3.8) is 0 Å². The van der Waals surface area contributed by atoms with E-state index in [1.165, 1.54) is 47.0 Å². The molecular formula is C20H27N3O. The van der Waals surface area contributed by atoms with E-state index in [1.54, 1.807) is 0 Å². The first-order chi connectivity index (χ1) is 11.5. The van der Waals surface area contributed by atoms with Gasteiger partial charge in [-0.1, -0.05) is 11.6 Å². The summed E-state index contributed by atoms with van der Waals surface area (Å²) in [4.78, 5) is 18.2. The van der Waals surface area contributed by atoms with Crippen LogP contribution in [0.3, 0.4) is 0 Å². The van der Waals surface area contributed by atoms with Crippen molar-refractivity contribution in [3.8, 4) is 0 Å². The molecule has 24 heavy (non-hydrogen) atoms. The zero-order chi connectivity index (χ0) is 16.8. The second-order valence-corrected chi connectivity index (χ2v) is 7.76. The fourth-order valence-corrected chi connectivity index (χ4v) is 4.58. The minimum Gasteiger partial charge on any atom is -0.358 e. The molecule has 128 valence electrons. The van der Waals surface area contributed by atoms with Gasteiger partial charge < -0.3 is 10.3 Å². The molecule has 4 heteroatoms. The van der Waals surface area contributed by atoms with E-state index in [0.717, 1.165) is 18.0 Å². The topological polar surface area (TPSA) is 48.1 Å². The normalized spacial score (nSPS) is 23.3. The molecule has 0 spiro atoms. The highest BCUT2D eigenvalue weighted by atomic mass is 16.2. The lowest BCUT2D eigenvalue weighted by atomic mass is 10.0. The molecule has 1 aliphatic carbocycles. The van der Waals surface area contributed by atoms with E-state index >= 15 is 0 Å². The van der Waals surface area contributed by atoms with Gasteiger partial charge in [0.25, 0.3) is 0 Å². The third kappa shape index (κ3) is 2.73. The third-order valence-corrected chi connectivity index (χ3v) is 5.99. The van der Waals surface area contributed by atoms with E-state index in [0.29, 0.717) is 19.1 Å². The van der Waals surface area contributed by atoms with Crippen molar-refractivity contribution >= 4 is 16.8 Å². The van der Waals surface area contributed by atoms with Gasteiger partial charge in [-0.25, -0.2) is 0 Å². The molecule has 0 unspecified atom stereocenters. The van der Waals surface area contributed by atoms with E-state index in [1.807, 2.05) is 0 Å². The number of aryl methyl sites for hydroxylation is 3. The van der Waals surface area contributed by atoms with Gasteiger partial charge in [0.1, 0.15) is 0 Å². The maximum absolute atomic E-state index is 12.4. The predicted molar refractivity (Wildman–Crippen MR) is 97.1 cm³/mol. The van der Waals surface area contributed by atoms with E-state index < -0.39 is 0 Å². The van der Waals surface area contributed by atoms with Crippen molar-refractivity contribution in [2.75, 3.05) is 13.1 Å². The molecule has 2 bridgehead atoms. The smallest absolute Gasteiger partial charge is 0.234 e. The summed E-state index contributed by atoms with van der Waals surface area (Å²) in [6.45, 7) is 8.64. The molecule has 2 aromatic rings. The fourth-order valence-electron chi connectivity index (χ4n) is 4.58. The summed E-state index contributed by atoms with van der Waals surface area (Å²) in [5.41, 5.74) is 6.09. The van der Waals surface area contributed by atoms with Gasteiger partial charge >= 0.3 is 0 Å². The average molecular weight is 325 g/mol. The average Bonchev–Trinajstić information content (AvgIpc) is 3.22. The van der Waals surface area contributed by atoms with Crippen LogP contribution < -0.4 is 5.32 Å². The van der Waals surface area contributed by atoms with Crippen LogP contribution in [-0.2, 0) is 11.3 Å². The van der Waals surface area contributed by atoms with E-state index in [4.69, 9.17) is 0 Å². The van der Waals surface area contributed by atoms with Crippen molar-refractivity contribution in [1.29, 1.82) is 0 Å². The van der Waals surface area contributed by atoms with E-state index in [9.17, 15) is 4.79 Å². The Balaban J connectivity index is 1.45. The van der Waals surface area contributed by atoms with Crippen LogP contribution in [0.25, 0.3) is 10.9 Å². The molecule has 1 aliphatic heterocycles. The molecule has 4 rings (SSSR count). The first kappa shape index (κ1) is 15.7. The van der Waals surface area contributed by atoms with Gasteiger partial charge in [0.15, 0.2) is 0 Å². The summed E-state index contributed by atoms with van der Waals surface area (Å²) in [6, 6.07) is 5.05. The number of fused-ring (bicyclic) bond motifs is 3. The van der Waals surface area contributed by atoms with Gasteiger partial charge in [-0.15, -0.1) is 0 Å². The number of H-pyrrole nitrogens is 1. The zero-order valence-corrected chi connectivity index (χ0v) is 14.9. The van der Waals surface area contributed by atoms with Gasteiger partial charge in [-0.2, -0.15) is 0 Å². The van der Waals surface area contributed by atoms with Crippen LogP contribution in [0.1, 0.15) is 41.6 Å². The Morgan fingerprint density at radius 2 is 2.12 bits per heavy atom. The molecule has 4 nitrogen and oxygen atoms in total. The molecule has 2 heterocycles. The highest BCUT2D eigenvalue weighted by Crippen LogP contribution is 2.36. The summed E-state index contributed by atoms with van der Waals surface area (Å²) < 4.78 is 0. The SMILES string of the molecule is Cc1cc(CNC(=O)CN2C[C@@H]3CC[C@H]2C3)c2[nH]c(C)c(C)c2c1. The number of piperidine rings is 1. The van der Waals surface area contributed by atoms with Crippen molar-refractivity contribution in [3.05, 3.63) is 34.5 Å². The number of carbonyl (C=O) groups excluding carboxylic acids is 1. The molecule has 2 fully saturated rings. The second-order valence-electron chi connectivity index (χ2n) is 7.76. The second kappa shape index (κ2) is 5.92. The maximum Gasteiger partial charge on any atom is 0.234 e. The number of aromatic amines is 1. The summed E-state index contributed by atoms with van der Waals surface area (Å²) >= 11 is 0. The quantitative estimate of drug-likeness (QED) is 0.907. The van der Waals surface area contributed by atoms with Crippen LogP contribution in [0, 0.1) is 26.7 Å². The van der Waals surface area contributed by atoms with E-state index in [-0.39, 0.29) is 5.91 Å². The first-order valence-electron chi connectivity index (χ1n) is 9.10. The van der Waals surface area contributed by atoms with Crippen molar-refractivity contribution < 1.29 is 4.79 Å². The number of aromatic nitrogens is 1. The summed E-state index contributed by atoms with van der Waals surface area (Å²) in [5, 5.41) is 4.40. The Kier molecular flexibility index (Phi) is 3.87. The third-order valence-electron chi connectivity index (χ3n) is 5.99. The van der Waals surface area contributed by atoms with Crippen LogP contribution in [-0.4, -0.2) is 34.9 Å². The largest absolute Gasteiger partial charge is 0.358 e. The van der Waals surface area contributed by atoms with Gasteiger partial charge in [0, 0.05) is 30.2 Å². The van der Waals surface area contributed by atoms with Crippen LogP contribution in [0.15, 0.2) is 12.1 Å². The molecule has 1 aromatic carbocycles. The number of carbonyl (C=O) groups is 1. The minimum atomic E-state index is 0.150. The fraction of sp³-hybridized carbons (Fsp3) is 0.550. The summed E-state index contributed by atoms with van der Waals surface area (Å²) in [6.07, 6.45) is 3.93. The van der Waals surface area contributed by atoms with E-state index in [2.05, 4.69) is 48.1 Å². The first-order valence-corrected chi connectivity index (χ1v) is 9.10. The number of nitrogens with zero attached hydrogens (tertiary/aromatic N) is 1. The molecule has 1 amide bonds. The number of benzene rings is 1. The minimum absolute atomic E-state index is 0.150. The van der Waals surface area contributed by atoms with Crippen LogP contribution in [0.5, 0.6) is 0 Å². The molecule has 1 saturated carbocycles. The van der Waals surface area contributed by atoms with Gasteiger partial charge in [0.2, 0.25) is 5.91 Å². The standard InChI is InChI=1S/C20H27N3O/c1-12-6-16(20-18(7-12)13(2)14(3)22-20)9-21-19(24)11-23-10-15-4-5-17(23)8-15/h6-7,15,17,22H,4-5,8-11H2,1-3H3,(H,21,24)/t15-,17+/m1/s1. The monoisotopic (exact) mass is 325 g/mol. The lowest BCUT2D eigenvalue weighted by molar-refractivity contribution is -0.122. The molecule has 2 N–H and O–H groups in total. The molecule has 1 aromatic heterocycles. The Bertz CT molecular complexity index is 792. The lowest BCUT2D eigenvalue weighted by Crippen LogP contribution is -2.41. The number of rotatable bonds is 4. The number of hydrogen-bond donors (Lipinski definition) is 2.